The number of hydrogen-bond acceptors (Lipinski definition) is 3. The fraction of sp³-hybridized carbons (Fsp3) is 0.846. The van der Waals surface area contributed by atoms with Gasteiger partial charge in [0.15, 0.2) is 5.82 Å². The van der Waals surface area contributed by atoms with E-state index in [9.17, 15) is 0 Å². The highest BCUT2D eigenvalue weighted by Gasteiger charge is 2.28. The van der Waals surface area contributed by atoms with Crippen molar-refractivity contribution >= 4 is 5.82 Å². The van der Waals surface area contributed by atoms with E-state index in [1.807, 2.05) is 0 Å². The van der Waals surface area contributed by atoms with Crippen LogP contribution in [0.25, 0.3) is 0 Å². The molecule has 4 heteroatoms. The Morgan fingerprint density at radius 1 is 1.24 bits per heavy atom. The van der Waals surface area contributed by atoms with E-state index in [0.29, 0.717) is 17.8 Å². The SMILES string of the molecule is CC(C)c1c(N)nnn1C1CCC(C)C(C)C1. The van der Waals surface area contributed by atoms with Gasteiger partial charge in [0.25, 0.3) is 0 Å². The van der Waals surface area contributed by atoms with Crippen LogP contribution in [0, 0.1) is 11.8 Å². The van der Waals surface area contributed by atoms with Crippen molar-refractivity contribution in [1.29, 1.82) is 0 Å². The molecular formula is C13H24N4. The summed E-state index contributed by atoms with van der Waals surface area (Å²) >= 11 is 0. The van der Waals surface area contributed by atoms with Gasteiger partial charge in [0.1, 0.15) is 0 Å². The van der Waals surface area contributed by atoms with Gasteiger partial charge >= 0.3 is 0 Å². The fourth-order valence-corrected chi connectivity index (χ4v) is 2.88. The zero-order chi connectivity index (χ0) is 12.6. The lowest BCUT2D eigenvalue weighted by Gasteiger charge is -2.32. The van der Waals surface area contributed by atoms with Crippen LogP contribution in [-0.2, 0) is 0 Å². The van der Waals surface area contributed by atoms with E-state index >= 15 is 0 Å². The zero-order valence-electron chi connectivity index (χ0n) is 11.3. The minimum absolute atomic E-state index is 0.389. The Hall–Kier alpha value is -1.06. The molecule has 1 aliphatic carbocycles. The standard InChI is InChI=1S/C13H24N4/c1-8(2)12-13(14)15-16-17(12)11-6-5-9(3)10(4)7-11/h8-11H,5-7,14H2,1-4H3. The molecule has 0 aliphatic heterocycles. The largest absolute Gasteiger partial charge is 0.381 e. The Bertz CT molecular complexity index is 383. The fourth-order valence-electron chi connectivity index (χ4n) is 2.88. The Kier molecular flexibility index (Phi) is 3.40. The summed E-state index contributed by atoms with van der Waals surface area (Å²) in [6.07, 6.45) is 3.68. The van der Waals surface area contributed by atoms with Gasteiger partial charge < -0.3 is 5.73 Å². The van der Waals surface area contributed by atoms with Crippen LogP contribution in [0.1, 0.15) is 64.6 Å². The van der Waals surface area contributed by atoms with Crippen molar-refractivity contribution in [2.24, 2.45) is 11.8 Å². The molecule has 2 rings (SSSR count). The molecule has 4 nitrogen and oxygen atoms in total. The van der Waals surface area contributed by atoms with Crippen LogP contribution in [0.2, 0.25) is 0 Å². The second-order valence-corrected chi connectivity index (χ2v) is 5.88. The minimum atomic E-state index is 0.389. The van der Waals surface area contributed by atoms with Crippen LogP contribution in [0.3, 0.4) is 0 Å². The van der Waals surface area contributed by atoms with Crippen LogP contribution >= 0.6 is 0 Å². The van der Waals surface area contributed by atoms with Gasteiger partial charge in [0, 0.05) is 0 Å². The van der Waals surface area contributed by atoms with Crippen LogP contribution in [0.15, 0.2) is 0 Å². The lowest BCUT2D eigenvalue weighted by atomic mass is 9.79. The molecule has 1 aromatic heterocycles. The molecule has 1 saturated carbocycles. The maximum atomic E-state index is 5.92. The number of hydrogen-bond donors (Lipinski definition) is 1. The first kappa shape index (κ1) is 12.4. The van der Waals surface area contributed by atoms with Crippen LogP contribution in [0.5, 0.6) is 0 Å². The molecule has 0 spiro atoms. The van der Waals surface area contributed by atoms with Crippen molar-refractivity contribution in [1.82, 2.24) is 15.0 Å². The first-order chi connectivity index (χ1) is 8.00. The molecule has 0 aromatic carbocycles. The third-order valence-corrected chi connectivity index (χ3v) is 4.22. The molecule has 0 saturated heterocycles. The quantitative estimate of drug-likeness (QED) is 0.858. The van der Waals surface area contributed by atoms with Crippen molar-refractivity contribution in [3.8, 4) is 0 Å². The van der Waals surface area contributed by atoms with Crippen molar-refractivity contribution in [3.63, 3.8) is 0 Å². The lowest BCUT2D eigenvalue weighted by molar-refractivity contribution is 0.195. The predicted molar refractivity (Wildman–Crippen MR) is 69.7 cm³/mol. The second-order valence-electron chi connectivity index (χ2n) is 5.88. The Balaban J connectivity index is 2.23. The molecule has 0 amide bonds. The topological polar surface area (TPSA) is 56.7 Å². The highest BCUT2D eigenvalue weighted by Crippen LogP contribution is 2.37. The molecule has 1 aliphatic rings. The van der Waals surface area contributed by atoms with Gasteiger partial charge in [-0.25, -0.2) is 4.68 Å². The van der Waals surface area contributed by atoms with E-state index in [1.165, 1.54) is 19.3 Å². The van der Waals surface area contributed by atoms with Crippen LogP contribution in [0.4, 0.5) is 5.82 Å². The zero-order valence-corrected chi connectivity index (χ0v) is 11.3. The molecule has 17 heavy (non-hydrogen) atoms. The highest BCUT2D eigenvalue weighted by molar-refractivity contribution is 5.35. The average Bonchev–Trinajstić information content (AvgIpc) is 2.64. The summed E-state index contributed by atoms with van der Waals surface area (Å²) in [6.45, 7) is 8.99. The Labute approximate surface area is 104 Å². The summed E-state index contributed by atoms with van der Waals surface area (Å²) in [5.41, 5.74) is 7.02. The number of rotatable bonds is 2. The second kappa shape index (κ2) is 4.67. The van der Waals surface area contributed by atoms with E-state index in [1.54, 1.807) is 0 Å². The van der Waals surface area contributed by atoms with Gasteiger partial charge in [-0.2, -0.15) is 0 Å². The lowest BCUT2D eigenvalue weighted by Crippen LogP contribution is -2.25. The maximum absolute atomic E-state index is 5.92. The smallest absolute Gasteiger partial charge is 0.169 e. The number of aromatic nitrogens is 3. The third-order valence-electron chi connectivity index (χ3n) is 4.22. The monoisotopic (exact) mass is 236 g/mol. The summed E-state index contributed by atoms with van der Waals surface area (Å²) in [6, 6.07) is 0.489. The van der Waals surface area contributed by atoms with Gasteiger partial charge in [0.05, 0.1) is 11.7 Å². The van der Waals surface area contributed by atoms with Crippen molar-refractivity contribution in [3.05, 3.63) is 5.69 Å². The molecule has 1 aromatic rings. The molecular weight excluding hydrogens is 212 g/mol. The molecule has 0 bridgehead atoms. The average molecular weight is 236 g/mol. The number of nitrogens with zero attached hydrogens (tertiary/aromatic N) is 3. The Morgan fingerprint density at radius 2 is 1.94 bits per heavy atom. The number of anilines is 1. The van der Waals surface area contributed by atoms with Crippen molar-refractivity contribution < 1.29 is 0 Å². The summed E-state index contributed by atoms with van der Waals surface area (Å²) in [4.78, 5) is 0. The Morgan fingerprint density at radius 3 is 2.53 bits per heavy atom. The normalized spacial score (nSPS) is 29.8. The molecule has 0 radical (unpaired) electrons. The van der Waals surface area contributed by atoms with E-state index in [-0.39, 0.29) is 0 Å². The van der Waals surface area contributed by atoms with Crippen LogP contribution in [-0.4, -0.2) is 15.0 Å². The predicted octanol–water partition coefficient (Wildman–Crippen LogP) is 2.98. The summed E-state index contributed by atoms with van der Waals surface area (Å²) in [7, 11) is 0. The van der Waals surface area contributed by atoms with E-state index in [4.69, 9.17) is 5.73 Å². The third kappa shape index (κ3) is 2.31. The molecule has 96 valence electrons. The summed E-state index contributed by atoms with van der Waals surface area (Å²) in [5.74, 6) is 2.58. The molecule has 3 atom stereocenters. The highest BCUT2D eigenvalue weighted by atomic mass is 15.5. The molecule has 3 unspecified atom stereocenters. The first-order valence-corrected chi connectivity index (χ1v) is 6.71. The van der Waals surface area contributed by atoms with Crippen molar-refractivity contribution in [2.45, 2.75) is 58.9 Å². The first-order valence-electron chi connectivity index (χ1n) is 6.71. The van der Waals surface area contributed by atoms with Crippen molar-refractivity contribution in [2.75, 3.05) is 5.73 Å². The number of nitrogens with two attached hydrogens (primary N) is 1. The van der Waals surface area contributed by atoms with Gasteiger partial charge in [-0.05, 0) is 37.0 Å². The van der Waals surface area contributed by atoms with Gasteiger partial charge in [0.2, 0.25) is 0 Å². The van der Waals surface area contributed by atoms with Gasteiger partial charge in [-0.15, -0.1) is 5.10 Å². The van der Waals surface area contributed by atoms with E-state index in [2.05, 4.69) is 42.7 Å². The molecule has 1 fully saturated rings. The summed E-state index contributed by atoms with van der Waals surface area (Å²) < 4.78 is 2.09. The minimum Gasteiger partial charge on any atom is -0.381 e. The van der Waals surface area contributed by atoms with E-state index < -0.39 is 0 Å². The van der Waals surface area contributed by atoms with Gasteiger partial charge in [-0.1, -0.05) is 32.9 Å². The molecule has 2 N–H and O–H groups in total. The maximum Gasteiger partial charge on any atom is 0.169 e. The van der Waals surface area contributed by atoms with Gasteiger partial charge in [-0.3, -0.25) is 0 Å². The molecule has 1 heterocycles. The van der Waals surface area contributed by atoms with Crippen LogP contribution < -0.4 is 5.73 Å². The number of nitrogen functional groups attached to an aromatic ring is 1. The van der Waals surface area contributed by atoms with E-state index in [0.717, 1.165) is 17.5 Å². The summed E-state index contributed by atoms with van der Waals surface area (Å²) in [5, 5.41) is 8.31.